The van der Waals surface area contributed by atoms with Gasteiger partial charge in [-0.3, -0.25) is 14.9 Å². The Labute approximate surface area is 121 Å². The average molecular weight is 292 g/mol. The second-order valence-electron chi connectivity index (χ2n) is 4.11. The van der Waals surface area contributed by atoms with Crippen LogP contribution in [-0.2, 0) is 14.3 Å². The summed E-state index contributed by atoms with van der Waals surface area (Å²) in [5.41, 5.74) is 0.178. The van der Waals surface area contributed by atoms with Crippen molar-refractivity contribution in [3.63, 3.8) is 0 Å². The molecule has 0 unspecified atom stereocenters. The highest BCUT2D eigenvalue weighted by atomic mass is 16.6. The molecule has 1 aromatic rings. The molecule has 0 radical (unpaired) electrons. The molecular weight excluding hydrogens is 276 g/mol. The van der Waals surface area contributed by atoms with E-state index in [4.69, 9.17) is 4.74 Å². The van der Waals surface area contributed by atoms with E-state index in [1.807, 2.05) is 6.92 Å². The topological polar surface area (TPSA) is 98.5 Å². The Balaban J connectivity index is 2.55. The number of para-hydroxylation sites is 1. The monoisotopic (exact) mass is 292 g/mol. The molecule has 1 aromatic carbocycles. The third kappa shape index (κ3) is 5.85. The van der Waals surface area contributed by atoms with Crippen LogP contribution >= 0.6 is 0 Å². The molecule has 0 aliphatic carbocycles. The first kappa shape index (κ1) is 16.4. The highest BCUT2D eigenvalue weighted by molar-refractivity contribution is 5.89. The van der Waals surface area contributed by atoms with Gasteiger partial charge in [-0.15, -0.1) is 0 Å². The maximum absolute atomic E-state index is 11.4. The van der Waals surface area contributed by atoms with Crippen LogP contribution in [0.3, 0.4) is 0 Å². The molecule has 0 aliphatic heterocycles. The van der Waals surface area contributed by atoms with Crippen LogP contribution in [0.15, 0.2) is 30.3 Å². The van der Waals surface area contributed by atoms with Gasteiger partial charge in [0.1, 0.15) is 0 Å². The number of nitrogens with one attached hydrogen (secondary N) is 1. The molecule has 7 heteroatoms. The molecule has 7 nitrogen and oxygen atoms in total. The van der Waals surface area contributed by atoms with Crippen molar-refractivity contribution in [2.45, 2.75) is 13.3 Å². The van der Waals surface area contributed by atoms with Crippen LogP contribution in [0.1, 0.15) is 18.9 Å². The maximum Gasteiger partial charge on any atom is 0.331 e. The van der Waals surface area contributed by atoms with Gasteiger partial charge in [-0.05, 0) is 18.6 Å². The Morgan fingerprint density at radius 1 is 1.38 bits per heavy atom. The Morgan fingerprint density at radius 3 is 2.76 bits per heavy atom. The lowest BCUT2D eigenvalue weighted by atomic mass is 10.1. The summed E-state index contributed by atoms with van der Waals surface area (Å²) < 4.78 is 4.72. The number of rotatable bonds is 7. The Morgan fingerprint density at radius 2 is 2.10 bits per heavy atom. The van der Waals surface area contributed by atoms with Crippen molar-refractivity contribution in [3.8, 4) is 0 Å². The van der Waals surface area contributed by atoms with Gasteiger partial charge in [0.05, 0.1) is 10.5 Å². The van der Waals surface area contributed by atoms with Gasteiger partial charge in [0.2, 0.25) is 0 Å². The van der Waals surface area contributed by atoms with E-state index in [1.165, 1.54) is 24.3 Å². The van der Waals surface area contributed by atoms with Crippen molar-refractivity contribution in [2.75, 3.05) is 13.2 Å². The first-order valence-electron chi connectivity index (χ1n) is 6.39. The Kier molecular flexibility index (Phi) is 6.59. The van der Waals surface area contributed by atoms with E-state index in [0.717, 1.165) is 12.5 Å². The minimum absolute atomic E-state index is 0.109. The summed E-state index contributed by atoms with van der Waals surface area (Å²) in [6.45, 7) is 2.05. The van der Waals surface area contributed by atoms with Crippen molar-refractivity contribution in [1.82, 2.24) is 5.32 Å². The van der Waals surface area contributed by atoms with E-state index < -0.39 is 10.9 Å². The molecule has 0 saturated heterocycles. The highest BCUT2D eigenvalue weighted by Crippen LogP contribution is 2.18. The fraction of sp³-hybridized carbons (Fsp3) is 0.286. The van der Waals surface area contributed by atoms with Crippen molar-refractivity contribution >= 4 is 23.6 Å². The molecule has 21 heavy (non-hydrogen) atoms. The predicted octanol–water partition coefficient (Wildman–Crippen LogP) is 1.68. The summed E-state index contributed by atoms with van der Waals surface area (Å²) in [7, 11) is 0. The zero-order chi connectivity index (χ0) is 15.7. The lowest BCUT2D eigenvalue weighted by molar-refractivity contribution is -0.385. The standard InChI is InChI=1S/C14H16N2O5/c1-2-9-15-13(17)10-21-14(18)8-7-11-5-3-4-6-12(11)16(19)20/h3-8H,2,9-10H2,1H3,(H,15,17)/b8-7+. The largest absolute Gasteiger partial charge is 0.452 e. The van der Waals surface area contributed by atoms with Gasteiger partial charge in [0.25, 0.3) is 11.6 Å². The number of nitro benzene ring substituents is 1. The van der Waals surface area contributed by atoms with Crippen LogP contribution in [0.2, 0.25) is 0 Å². The van der Waals surface area contributed by atoms with Gasteiger partial charge in [0.15, 0.2) is 6.61 Å². The zero-order valence-electron chi connectivity index (χ0n) is 11.6. The fourth-order valence-electron chi connectivity index (χ4n) is 1.45. The number of esters is 1. The highest BCUT2D eigenvalue weighted by Gasteiger charge is 2.10. The summed E-state index contributed by atoms with van der Waals surface area (Å²) in [5, 5.41) is 13.3. The van der Waals surface area contributed by atoms with Gasteiger partial charge in [-0.1, -0.05) is 19.1 Å². The number of amides is 1. The van der Waals surface area contributed by atoms with Crippen LogP contribution in [0, 0.1) is 10.1 Å². The van der Waals surface area contributed by atoms with Crippen LogP contribution < -0.4 is 5.32 Å². The fourth-order valence-corrected chi connectivity index (χ4v) is 1.45. The molecule has 1 amide bonds. The van der Waals surface area contributed by atoms with Crippen LogP contribution in [0.5, 0.6) is 0 Å². The van der Waals surface area contributed by atoms with Crippen molar-refractivity contribution in [2.24, 2.45) is 0 Å². The number of nitro groups is 1. The molecule has 0 heterocycles. The van der Waals surface area contributed by atoms with E-state index in [-0.39, 0.29) is 23.8 Å². The van der Waals surface area contributed by atoms with Gasteiger partial charge in [-0.25, -0.2) is 4.79 Å². The summed E-state index contributed by atoms with van der Waals surface area (Å²) in [4.78, 5) is 32.9. The zero-order valence-corrected chi connectivity index (χ0v) is 11.6. The molecule has 0 atom stereocenters. The van der Waals surface area contributed by atoms with E-state index in [2.05, 4.69) is 5.32 Å². The Bertz CT molecular complexity index is 554. The third-order valence-corrected chi connectivity index (χ3v) is 2.45. The second-order valence-corrected chi connectivity index (χ2v) is 4.11. The number of carbonyl (C=O) groups is 2. The average Bonchev–Trinajstić information content (AvgIpc) is 2.48. The number of nitrogens with zero attached hydrogens (tertiary/aromatic N) is 1. The van der Waals surface area contributed by atoms with Gasteiger partial charge >= 0.3 is 5.97 Å². The van der Waals surface area contributed by atoms with Crippen LogP contribution in [0.25, 0.3) is 6.08 Å². The number of hydrogen-bond acceptors (Lipinski definition) is 5. The molecule has 0 fully saturated rings. The first-order valence-corrected chi connectivity index (χ1v) is 6.39. The molecule has 0 aromatic heterocycles. The SMILES string of the molecule is CCCNC(=O)COC(=O)/C=C/c1ccccc1[N+](=O)[O-]. The smallest absolute Gasteiger partial charge is 0.331 e. The van der Waals surface area contributed by atoms with Crippen molar-refractivity contribution in [1.29, 1.82) is 0 Å². The number of benzene rings is 1. The molecule has 112 valence electrons. The quantitative estimate of drug-likeness (QED) is 0.357. The van der Waals surface area contributed by atoms with Crippen molar-refractivity contribution in [3.05, 3.63) is 46.0 Å². The molecule has 1 N–H and O–H groups in total. The normalized spacial score (nSPS) is 10.3. The molecular formula is C14H16N2O5. The van der Waals surface area contributed by atoms with Crippen molar-refractivity contribution < 1.29 is 19.2 Å². The number of ether oxygens (including phenoxy) is 1. The molecule has 0 aliphatic rings. The third-order valence-electron chi connectivity index (χ3n) is 2.45. The lowest BCUT2D eigenvalue weighted by Crippen LogP contribution is -2.28. The molecule has 0 bridgehead atoms. The second kappa shape index (κ2) is 8.47. The summed E-state index contributed by atoms with van der Waals surface area (Å²) >= 11 is 0. The lowest BCUT2D eigenvalue weighted by Gasteiger charge is -2.03. The van der Waals surface area contributed by atoms with E-state index in [1.54, 1.807) is 6.07 Å². The number of hydrogen-bond donors (Lipinski definition) is 1. The van der Waals surface area contributed by atoms with E-state index in [0.29, 0.717) is 6.54 Å². The number of carbonyl (C=O) groups excluding carboxylic acids is 2. The summed E-state index contributed by atoms with van der Waals surface area (Å²) in [6, 6.07) is 6.00. The minimum atomic E-state index is -0.736. The summed E-state index contributed by atoms with van der Waals surface area (Å²) in [5.74, 6) is -1.12. The van der Waals surface area contributed by atoms with Gasteiger partial charge < -0.3 is 10.1 Å². The van der Waals surface area contributed by atoms with E-state index >= 15 is 0 Å². The van der Waals surface area contributed by atoms with Gasteiger partial charge in [-0.2, -0.15) is 0 Å². The predicted molar refractivity (Wildman–Crippen MR) is 76.4 cm³/mol. The Hall–Kier alpha value is -2.70. The van der Waals surface area contributed by atoms with Crippen LogP contribution in [-0.4, -0.2) is 30.0 Å². The first-order chi connectivity index (χ1) is 10.0. The molecule has 0 spiro atoms. The van der Waals surface area contributed by atoms with Gasteiger partial charge in [0, 0.05) is 18.7 Å². The summed E-state index contributed by atoms with van der Waals surface area (Å²) in [6.07, 6.45) is 3.12. The van der Waals surface area contributed by atoms with Crippen LogP contribution in [0.4, 0.5) is 5.69 Å². The molecule has 1 rings (SSSR count). The maximum atomic E-state index is 11.4. The molecule has 0 saturated carbocycles. The minimum Gasteiger partial charge on any atom is -0.452 e. The van der Waals surface area contributed by atoms with E-state index in [9.17, 15) is 19.7 Å².